The fraction of sp³-hybridized carbons (Fsp3) is 0.368. The summed E-state index contributed by atoms with van der Waals surface area (Å²) in [6.45, 7) is -0.129. The van der Waals surface area contributed by atoms with Gasteiger partial charge in [-0.25, -0.2) is 13.2 Å². The summed E-state index contributed by atoms with van der Waals surface area (Å²) in [6, 6.07) is 13.3. The maximum Gasteiger partial charge on any atom is 0.331 e. The lowest BCUT2D eigenvalue weighted by molar-refractivity contribution is -0.168. The van der Waals surface area contributed by atoms with E-state index in [1.807, 2.05) is 33.7 Å². The molecule has 0 aliphatic carbocycles. The smallest absolute Gasteiger partial charge is 0.331 e. The van der Waals surface area contributed by atoms with Gasteiger partial charge in [0.1, 0.15) is 11.6 Å². The van der Waals surface area contributed by atoms with Gasteiger partial charge in [0.15, 0.2) is 9.84 Å². The van der Waals surface area contributed by atoms with E-state index in [4.69, 9.17) is 37.1 Å². The van der Waals surface area contributed by atoms with Crippen LogP contribution >= 0.6 is 44.8 Å². The van der Waals surface area contributed by atoms with Gasteiger partial charge in [-0.15, -0.1) is 0 Å². The van der Waals surface area contributed by atoms with E-state index in [-0.39, 0.29) is 45.8 Å². The number of carbonyl (C=O) groups is 4. The SMILES string of the molecule is CS(=O)(=O)c1cccc(CC(NC(=O)c2c(Cl)cc3c(c2Cl)CCN(C(=O)c2ccc4ccoc4c2)C3)C(=O)OCOC(=O)CCCC[C@@H]2CCSS2)c1. The van der Waals surface area contributed by atoms with E-state index in [1.54, 1.807) is 35.4 Å². The van der Waals surface area contributed by atoms with Crippen LogP contribution in [0.4, 0.5) is 0 Å². The van der Waals surface area contributed by atoms with Crippen molar-refractivity contribution in [3.8, 4) is 0 Å². The number of fused-ring (bicyclic) bond motifs is 2. The maximum absolute atomic E-state index is 13.8. The highest BCUT2D eigenvalue weighted by Gasteiger charge is 2.31. The van der Waals surface area contributed by atoms with Gasteiger partial charge in [0.2, 0.25) is 6.79 Å². The molecule has 0 spiro atoms. The van der Waals surface area contributed by atoms with E-state index in [0.29, 0.717) is 52.5 Å². The molecule has 4 aromatic rings. The fourth-order valence-electron chi connectivity index (χ4n) is 6.40. The van der Waals surface area contributed by atoms with E-state index < -0.39 is 40.5 Å². The molecule has 286 valence electrons. The average molecular weight is 834 g/mol. The summed E-state index contributed by atoms with van der Waals surface area (Å²) < 4.78 is 40.3. The average Bonchev–Trinajstić information content (AvgIpc) is 3.84. The summed E-state index contributed by atoms with van der Waals surface area (Å²) in [5.41, 5.74) is 2.75. The molecule has 3 heterocycles. The van der Waals surface area contributed by atoms with Crippen molar-refractivity contribution in [2.24, 2.45) is 0 Å². The number of nitrogens with zero attached hydrogens (tertiary/aromatic N) is 1. The molecule has 1 unspecified atom stereocenters. The van der Waals surface area contributed by atoms with Crippen LogP contribution in [0.1, 0.15) is 69.5 Å². The minimum atomic E-state index is -3.56. The molecule has 1 fully saturated rings. The molecule has 3 aromatic carbocycles. The van der Waals surface area contributed by atoms with Gasteiger partial charge in [-0.3, -0.25) is 14.4 Å². The monoisotopic (exact) mass is 832 g/mol. The third kappa shape index (κ3) is 9.94. The summed E-state index contributed by atoms with van der Waals surface area (Å²) in [4.78, 5) is 54.7. The molecule has 0 bridgehead atoms. The van der Waals surface area contributed by atoms with Crippen LogP contribution in [-0.4, -0.2) is 73.7 Å². The molecule has 11 nitrogen and oxygen atoms in total. The van der Waals surface area contributed by atoms with E-state index >= 15 is 0 Å². The lowest BCUT2D eigenvalue weighted by atomic mass is 9.95. The molecule has 0 radical (unpaired) electrons. The Kier molecular flexibility index (Phi) is 13.2. The van der Waals surface area contributed by atoms with Crippen LogP contribution in [0.2, 0.25) is 10.0 Å². The van der Waals surface area contributed by atoms with E-state index in [0.717, 1.165) is 30.2 Å². The van der Waals surface area contributed by atoms with Gasteiger partial charge < -0.3 is 24.1 Å². The molecular formula is C38H38Cl2N2O9S3. The second kappa shape index (κ2) is 17.8. The molecule has 6 rings (SSSR count). The van der Waals surface area contributed by atoms with Crippen molar-refractivity contribution in [1.82, 2.24) is 10.2 Å². The Morgan fingerprint density at radius 2 is 1.89 bits per heavy atom. The molecule has 1 N–H and O–H groups in total. The van der Waals surface area contributed by atoms with Crippen LogP contribution in [0, 0.1) is 0 Å². The van der Waals surface area contributed by atoms with Gasteiger partial charge in [0.25, 0.3) is 11.8 Å². The van der Waals surface area contributed by atoms with Crippen molar-refractivity contribution < 1.29 is 41.5 Å². The number of halogens is 2. The molecule has 16 heteroatoms. The zero-order valence-corrected chi connectivity index (χ0v) is 33.3. The van der Waals surface area contributed by atoms with E-state index in [2.05, 4.69) is 5.32 Å². The minimum Gasteiger partial charge on any atom is -0.464 e. The summed E-state index contributed by atoms with van der Waals surface area (Å²) >= 11 is 13.5. The van der Waals surface area contributed by atoms with Gasteiger partial charge in [-0.05, 0) is 78.8 Å². The number of carbonyl (C=O) groups excluding carboxylic acids is 4. The molecule has 54 heavy (non-hydrogen) atoms. The van der Waals surface area contributed by atoms with Gasteiger partial charge >= 0.3 is 11.9 Å². The second-order valence-corrected chi connectivity index (χ2v) is 18.7. The van der Waals surface area contributed by atoms with Crippen molar-refractivity contribution in [1.29, 1.82) is 0 Å². The first-order chi connectivity index (χ1) is 25.9. The van der Waals surface area contributed by atoms with Crippen molar-refractivity contribution in [3.63, 3.8) is 0 Å². The second-order valence-electron chi connectivity index (χ2n) is 13.2. The van der Waals surface area contributed by atoms with Crippen molar-refractivity contribution in [3.05, 3.63) is 98.7 Å². The number of hydrogen-bond acceptors (Lipinski definition) is 11. The van der Waals surface area contributed by atoms with Crippen molar-refractivity contribution in [2.45, 2.75) is 67.7 Å². The van der Waals surface area contributed by atoms with Crippen LogP contribution in [-0.2, 0) is 48.3 Å². The molecule has 0 saturated carbocycles. The number of furan rings is 1. The highest BCUT2D eigenvalue weighted by atomic mass is 35.5. The number of esters is 2. The summed E-state index contributed by atoms with van der Waals surface area (Å²) in [5, 5.41) is 4.24. The molecule has 2 aliphatic heterocycles. The number of rotatable bonds is 14. The predicted octanol–water partition coefficient (Wildman–Crippen LogP) is 7.44. The normalized spacial score (nSPS) is 16.1. The van der Waals surface area contributed by atoms with Crippen LogP contribution < -0.4 is 5.32 Å². The molecule has 1 aromatic heterocycles. The van der Waals surface area contributed by atoms with E-state index in [9.17, 15) is 27.6 Å². The third-order valence-electron chi connectivity index (χ3n) is 9.28. The predicted molar refractivity (Wildman–Crippen MR) is 210 cm³/mol. The van der Waals surface area contributed by atoms with Gasteiger partial charge in [-0.2, -0.15) is 0 Å². The Morgan fingerprint density at radius 3 is 2.67 bits per heavy atom. The molecular weight excluding hydrogens is 796 g/mol. The van der Waals surface area contributed by atoms with Gasteiger partial charge in [0, 0.05) is 54.1 Å². The largest absolute Gasteiger partial charge is 0.464 e. The summed E-state index contributed by atoms with van der Waals surface area (Å²) in [5.74, 6) is -1.24. The van der Waals surface area contributed by atoms with Gasteiger partial charge in [-0.1, -0.05) is 69.4 Å². The number of unbranched alkanes of at least 4 members (excludes halogenated alkanes) is 1. The first kappa shape index (κ1) is 40.0. The maximum atomic E-state index is 13.8. The minimum absolute atomic E-state index is 0.00737. The zero-order valence-electron chi connectivity index (χ0n) is 29.3. The highest BCUT2D eigenvalue weighted by Crippen LogP contribution is 2.40. The number of ether oxygens (including phenoxy) is 2. The fourth-order valence-corrected chi connectivity index (χ4v) is 10.9. The zero-order chi connectivity index (χ0) is 38.4. The first-order valence-electron chi connectivity index (χ1n) is 17.3. The lowest BCUT2D eigenvalue weighted by Crippen LogP contribution is -2.44. The topological polar surface area (TPSA) is 149 Å². The van der Waals surface area contributed by atoms with Crippen LogP contribution in [0.3, 0.4) is 0 Å². The Balaban J connectivity index is 1.13. The molecule has 2 aliphatic rings. The number of sulfone groups is 1. The van der Waals surface area contributed by atoms with E-state index in [1.165, 1.54) is 24.6 Å². The molecule has 2 atom stereocenters. The molecule has 1 saturated heterocycles. The summed E-state index contributed by atoms with van der Waals surface area (Å²) in [7, 11) is 0.193. The van der Waals surface area contributed by atoms with Crippen LogP contribution in [0.15, 0.2) is 70.2 Å². The van der Waals surface area contributed by atoms with Crippen LogP contribution in [0.25, 0.3) is 11.0 Å². The Hall–Kier alpha value is -3.69. The molecule has 2 amide bonds. The van der Waals surface area contributed by atoms with Gasteiger partial charge in [0.05, 0.1) is 26.8 Å². The standard InChI is InChI=1S/C38H38Cl2N2O9S3/c1-54(47,48)28-7-4-5-23(17-28)18-31(38(46)51-22-50-33(43)8-3-2-6-27-13-16-52-53-27)41-36(44)34-30(39)19-26-21-42(14-11-29(26)35(34)40)37(45)25-10-9-24-12-15-49-32(24)20-25/h4-5,7,9-10,12,15,17,19-20,27,31H,2-3,6,8,11,13-14,16,18,21-22H2,1H3,(H,41,44)/t27-,31?/m1/s1. The Labute approximate surface area is 331 Å². The number of nitrogens with one attached hydrogen (secondary N) is 1. The number of benzene rings is 3. The number of amides is 2. The highest BCUT2D eigenvalue weighted by molar-refractivity contribution is 8.77. The lowest BCUT2D eigenvalue weighted by Gasteiger charge is -2.30. The Bertz CT molecular complexity index is 2170. The van der Waals surface area contributed by atoms with Crippen LogP contribution in [0.5, 0.6) is 0 Å². The van der Waals surface area contributed by atoms with Crippen molar-refractivity contribution in [2.75, 3.05) is 25.3 Å². The third-order valence-corrected chi connectivity index (χ3v) is 14.1. The Morgan fingerprint density at radius 1 is 1.06 bits per heavy atom. The van der Waals surface area contributed by atoms with Crippen molar-refractivity contribution >= 4 is 89.3 Å². The first-order valence-corrected chi connectivity index (χ1v) is 22.4. The summed E-state index contributed by atoms with van der Waals surface area (Å²) in [6.07, 6.45) is 6.74. The quantitative estimate of drug-likeness (QED) is 0.0585. The number of hydrogen-bond donors (Lipinski definition) is 1.